The molecular formula is C21H29NO. The fourth-order valence-corrected chi connectivity index (χ4v) is 2.64. The lowest BCUT2D eigenvalue weighted by Gasteiger charge is -2.11. The molecule has 0 aliphatic heterocycles. The second-order valence-corrected chi connectivity index (χ2v) is 6.06. The number of hydrogen-bond donors (Lipinski definition) is 0. The molecule has 23 heavy (non-hydrogen) atoms. The lowest BCUT2D eigenvalue weighted by molar-refractivity contribution is 0.309. The lowest BCUT2D eigenvalue weighted by atomic mass is 10.0. The van der Waals surface area contributed by atoms with Crippen molar-refractivity contribution < 1.29 is 4.74 Å². The van der Waals surface area contributed by atoms with Crippen LogP contribution in [0, 0.1) is 0 Å². The molecule has 0 aliphatic rings. The van der Waals surface area contributed by atoms with Crippen LogP contribution in [-0.4, -0.2) is 11.6 Å². The van der Waals surface area contributed by atoms with E-state index in [9.17, 15) is 0 Å². The van der Waals surface area contributed by atoms with E-state index in [0.29, 0.717) is 0 Å². The van der Waals surface area contributed by atoms with Gasteiger partial charge < -0.3 is 4.74 Å². The normalized spacial score (nSPS) is 10.7. The Balaban J connectivity index is 2.01. The summed E-state index contributed by atoms with van der Waals surface area (Å²) in [5.74, 6) is 0.886. The highest BCUT2D eigenvalue weighted by molar-refractivity contribution is 5.66. The average molecular weight is 311 g/mol. The van der Waals surface area contributed by atoms with Gasteiger partial charge in [-0.05, 0) is 37.0 Å². The number of ether oxygens (including phenoxy) is 1. The molecular weight excluding hydrogens is 282 g/mol. The molecule has 2 rings (SSSR count). The molecule has 0 radical (unpaired) electrons. The summed E-state index contributed by atoms with van der Waals surface area (Å²) in [7, 11) is 0. The number of hydrogen-bond acceptors (Lipinski definition) is 2. The maximum atomic E-state index is 5.89. The van der Waals surface area contributed by atoms with Crippen molar-refractivity contribution in [2.75, 3.05) is 6.61 Å². The quantitative estimate of drug-likeness (QED) is 0.498. The van der Waals surface area contributed by atoms with Crippen molar-refractivity contribution in [3.63, 3.8) is 0 Å². The zero-order valence-corrected chi connectivity index (χ0v) is 14.6. The second kappa shape index (κ2) is 10.0. The fraction of sp³-hybridized carbons (Fsp3) is 0.476. The van der Waals surface area contributed by atoms with Gasteiger partial charge in [-0.1, -0.05) is 63.8 Å². The predicted molar refractivity (Wildman–Crippen MR) is 97.9 cm³/mol. The van der Waals surface area contributed by atoms with Crippen LogP contribution in [0.4, 0.5) is 0 Å². The van der Waals surface area contributed by atoms with E-state index < -0.39 is 0 Å². The Hall–Kier alpha value is -1.83. The topological polar surface area (TPSA) is 22.1 Å². The summed E-state index contributed by atoms with van der Waals surface area (Å²) >= 11 is 0. The Kier molecular flexibility index (Phi) is 7.65. The number of aromatic nitrogens is 1. The molecule has 1 heterocycles. The van der Waals surface area contributed by atoms with E-state index in [1.165, 1.54) is 37.7 Å². The summed E-state index contributed by atoms with van der Waals surface area (Å²) in [4.78, 5) is 4.52. The molecule has 0 saturated heterocycles. The molecule has 1 aromatic heterocycles. The summed E-state index contributed by atoms with van der Waals surface area (Å²) in [6.07, 6.45) is 10.5. The van der Waals surface area contributed by atoms with Crippen LogP contribution in [0.25, 0.3) is 11.3 Å². The number of unbranched alkanes of at least 4 members (excludes halogenated alkanes) is 4. The third-order valence-electron chi connectivity index (χ3n) is 4.07. The molecule has 0 aliphatic carbocycles. The number of benzene rings is 1. The Morgan fingerprint density at radius 3 is 2.39 bits per heavy atom. The molecule has 2 heteroatoms. The van der Waals surface area contributed by atoms with Crippen LogP contribution < -0.4 is 4.74 Å². The minimum absolute atomic E-state index is 0.755. The molecule has 1 aromatic carbocycles. The number of pyridine rings is 1. The molecule has 0 fully saturated rings. The molecule has 124 valence electrons. The summed E-state index contributed by atoms with van der Waals surface area (Å²) < 4.78 is 5.89. The molecule has 0 unspecified atom stereocenters. The smallest absolute Gasteiger partial charge is 0.145 e. The first kappa shape index (κ1) is 17.5. The minimum Gasteiger partial charge on any atom is -0.491 e. The van der Waals surface area contributed by atoms with Crippen molar-refractivity contribution in [3.05, 3.63) is 48.2 Å². The Morgan fingerprint density at radius 1 is 0.870 bits per heavy atom. The van der Waals surface area contributed by atoms with Gasteiger partial charge in [-0.25, -0.2) is 0 Å². The maximum absolute atomic E-state index is 5.89. The van der Waals surface area contributed by atoms with E-state index in [-0.39, 0.29) is 0 Å². The first-order chi connectivity index (χ1) is 11.3. The zero-order valence-electron chi connectivity index (χ0n) is 14.6. The molecule has 2 aromatic rings. The zero-order chi connectivity index (χ0) is 16.3. The van der Waals surface area contributed by atoms with Gasteiger partial charge in [0, 0.05) is 11.8 Å². The van der Waals surface area contributed by atoms with Crippen LogP contribution >= 0.6 is 0 Å². The molecule has 0 bridgehead atoms. The van der Waals surface area contributed by atoms with Crippen LogP contribution in [0.15, 0.2) is 42.6 Å². The highest BCUT2D eigenvalue weighted by Gasteiger charge is 2.07. The van der Waals surface area contributed by atoms with E-state index in [2.05, 4.69) is 43.1 Å². The Morgan fingerprint density at radius 2 is 1.65 bits per heavy atom. The molecule has 0 saturated carbocycles. The van der Waals surface area contributed by atoms with Gasteiger partial charge in [0.1, 0.15) is 11.4 Å². The van der Waals surface area contributed by atoms with Crippen LogP contribution in [0.5, 0.6) is 5.75 Å². The molecule has 0 amide bonds. The highest BCUT2D eigenvalue weighted by Crippen LogP contribution is 2.28. The van der Waals surface area contributed by atoms with Gasteiger partial charge in [0.15, 0.2) is 0 Å². The maximum Gasteiger partial charge on any atom is 0.145 e. The monoisotopic (exact) mass is 311 g/mol. The van der Waals surface area contributed by atoms with E-state index in [0.717, 1.165) is 36.5 Å². The first-order valence-electron chi connectivity index (χ1n) is 9.02. The summed E-state index contributed by atoms with van der Waals surface area (Å²) in [6, 6.07) is 12.7. The number of rotatable bonds is 10. The van der Waals surface area contributed by atoms with Crippen molar-refractivity contribution in [1.82, 2.24) is 4.98 Å². The van der Waals surface area contributed by atoms with Crippen molar-refractivity contribution in [3.8, 4) is 17.0 Å². The van der Waals surface area contributed by atoms with Crippen molar-refractivity contribution in [2.45, 2.75) is 58.8 Å². The summed E-state index contributed by atoms with van der Waals surface area (Å²) in [6.45, 7) is 5.18. The third kappa shape index (κ3) is 5.70. The van der Waals surface area contributed by atoms with E-state index in [1.54, 1.807) is 0 Å². The van der Waals surface area contributed by atoms with Gasteiger partial charge in [-0.15, -0.1) is 0 Å². The van der Waals surface area contributed by atoms with Crippen molar-refractivity contribution in [2.24, 2.45) is 0 Å². The number of nitrogens with zero attached hydrogens (tertiary/aromatic N) is 1. The predicted octanol–water partition coefficient (Wildman–Crippen LogP) is 6.05. The van der Waals surface area contributed by atoms with E-state index in [1.807, 2.05) is 18.3 Å². The summed E-state index contributed by atoms with van der Waals surface area (Å²) in [5, 5.41) is 0. The van der Waals surface area contributed by atoms with Gasteiger partial charge in [0.05, 0.1) is 6.61 Å². The third-order valence-corrected chi connectivity index (χ3v) is 4.07. The van der Waals surface area contributed by atoms with Gasteiger partial charge in [-0.3, -0.25) is 4.98 Å². The standard InChI is InChI=1S/C21H29NO/c1-3-5-7-8-10-18-12-14-19(15-13-18)21-20(11-9-16-22-21)23-17-6-4-2/h9,11-16H,3-8,10,17H2,1-2H3. The summed E-state index contributed by atoms with van der Waals surface area (Å²) in [5.41, 5.74) is 3.49. The van der Waals surface area contributed by atoms with Crippen LogP contribution in [0.1, 0.15) is 57.9 Å². The first-order valence-corrected chi connectivity index (χ1v) is 9.02. The van der Waals surface area contributed by atoms with Crippen LogP contribution in [0.2, 0.25) is 0 Å². The minimum atomic E-state index is 0.755. The molecule has 0 spiro atoms. The van der Waals surface area contributed by atoms with Gasteiger partial charge in [0.25, 0.3) is 0 Å². The molecule has 0 N–H and O–H groups in total. The number of aryl methyl sites for hydroxylation is 1. The molecule has 0 atom stereocenters. The van der Waals surface area contributed by atoms with Gasteiger partial charge in [0.2, 0.25) is 0 Å². The van der Waals surface area contributed by atoms with Crippen LogP contribution in [0.3, 0.4) is 0 Å². The lowest BCUT2D eigenvalue weighted by Crippen LogP contribution is -1.99. The second-order valence-electron chi connectivity index (χ2n) is 6.06. The van der Waals surface area contributed by atoms with Gasteiger partial charge in [-0.2, -0.15) is 0 Å². The van der Waals surface area contributed by atoms with Gasteiger partial charge >= 0.3 is 0 Å². The Bertz CT molecular complexity index is 562. The SMILES string of the molecule is CCCCCCc1ccc(-c2ncccc2OCCCC)cc1. The largest absolute Gasteiger partial charge is 0.491 e. The average Bonchev–Trinajstić information content (AvgIpc) is 2.60. The van der Waals surface area contributed by atoms with Crippen LogP contribution in [-0.2, 0) is 6.42 Å². The molecule has 2 nitrogen and oxygen atoms in total. The highest BCUT2D eigenvalue weighted by atomic mass is 16.5. The van der Waals surface area contributed by atoms with E-state index >= 15 is 0 Å². The van der Waals surface area contributed by atoms with E-state index in [4.69, 9.17) is 4.74 Å². The Labute approximate surface area is 140 Å². The van der Waals surface area contributed by atoms with Crippen molar-refractivity contribution in [1.29, 1.82) is 0 Å². The van der Waals surface area contributed by atoms with Crippen molar-refractivity contribution >= 4 is 0 Å². The fourth-order valence-electron chi connectivity index (χ4n) is 2.64.